The van der Waals surface area contributed by atoms with Gasteiger partial charge in [0, 0.05) is 5.75 Å². The van der Waals surface area contributed by atoms with E-state index in [0.717, 1.165) is 11.3 Å². The minimum atomic E-state index is -0.776. The van der Waals surface area contributed by atoms with Crippen molar-refractivity contribution in [1.82, 2.24) is 0 Å². The maximum atomic E-state index is 10.8. The molecule has 0 aromatic heterocycles. The van der Waals surface area contributed by atoms with Crippen LogP contribution in [0.2, 0.25) is 0 Å². The summed E-state index contributed by atoms with van der Waals surface area (Å²) < 4.78 is 0. The van der Waals surface area contributed by atoms with Crippen molar-refractivity contribution >= 4 is 17.7 Å². The maximum Gasteiger partial charge on any atom is 0.316 e. The zero-order valence-corrected chi connectivity index (χ0v) is 9.24. The second kappa shape index (κ2) is 6.48. The van der Waals surface area contributed by atoms with Crippen molar-refractivity contribution in [3.8, 4) is 0 Å². The van der Waals surface area contributed by atoms with Crippen LogP contribution in [0, 0.1) is 0 Å². The fourth-order valence-electron chi connectivity index (χ4n) is 1.20. The van der Waals surface area contributed by atoms with Crippen LogP contribution in [0.4, 0.5) is 0 Å². The Balaban J connectivity index is 2.43. The molecule has 3 N–H and O–H groups in total. The van der Waals surface area contributed by atoms with Gasteiger partial charge < -0.3 is 10.8 Å². The Morgan fingerprint density at radius 3 is 2.60 bits per heavy atom. The molecule has 1 aromatic rings. The summed E-state index contributed by atoms with van der Waals surface area (Å²) in [6, 6.07) is 9.84. The Labute approximate surface area is 93.7 Å². The summed E-state index contributed by atoms with van der Waals surface area (Å²) in [5.74, 6) is -0.0565. The lowest BCUT2D eigenvalue weighted by molar-refractivity contribution is -0.136. The van der Waals surface area contributed by atoms with E-state index in [1.165, 1.54) is 11.8 Å². The predicted molar refractivity (Wildman–Crippen MR) is 62.8 cm³/mol. The number of hydrogen-bond donors (Lipinski definition) is 2. The molecule has 0 spiro atoms. The van der Waals surface area contributed by atoms with E-state index in [1.807, 2.05) is 30.3 Å². The van der Waals surface area contributed by atoms with Crippen molar-refractivity contribution in [1.29, 1.82) is 0 Å². The monoisotopic (exact) mass is 225 g/mol. The van der Waals surface area contributed by atoms with E-state index in [1.54, 1.807) is 0 Å². The third-order valence-electron chi connectivity index (χ3n) is 2.00. The maximum absolute atomic E-state index is 10.8. The molecule has 1 unspecified atom stereocenters. The summed E-state index contributed by atoms with van der Waals surface area (Å²) in [6.07, 6.45) is 0.521. The van der Waals surface area contributed by atoms with Crippen molar-refractivity contribution in [2.24, 2.45) is 5.73 Å². The fourth-order valence-corrected chi connectivity index (χ4v) is 2.23. The smallest absolute Gasteiger partial charge is 0.316 e. The van der Waals surface area contributed by atoms with Gasteiger partial charge in [0.25, 0.3) is 0 Å². The molecule has 0 saturated heterocycles. The van der Waals surface area contributed by atoms with E-state index < -0.39 is 11.2 Å². The van der Waals surface area contributed by atoms with Crippen LogP contribution < -0.4 is 5.73 Å². The van der Waals surface area contributed by atoms with Gasteiger partial charge >= 0.3 is 5.97 Å². The highest BCUT2D eigenvalue weighted by Crippen LogP contribution is 2.20. The van der Waals surface area contributed by atoms with E-state index >= 15 is 0 Å². The molecule has 1 aromatic carbocycles. The van der Waals surface area contributed by atoms with Gasteiger partial charge in [0.05, 0.1) is 0 Å². The van der Waals surface area contributed by atoms with E-state index in [9.17, 15) is 4.79 Å². The summed E-state index contributed by atoms with van der Waals surface area (Å²) in [5, 5.41) is 8.51. The number of aliphatic carboxylic acids is 1. The molecule has 0 aliphatic heterocycles. The number of hydrogen-bond acceptors (Lipinski definition) is 3. The number of carbonyl (C=O) groups is 1. The first kappa shape index (κ1) is 12.1. The van der Waals surface area contributed by atoms with E-state index in [2.05, 4.69) is 0 Å². The molecule has 0 amide bonds. The lowest BCUT2D eigenvalue weighted by Crippen LogP contribution is -2.20. The van der Waals surface area contributed by atoms with Crippen LogP contribution in [0.15, 0.2) is 30.3 Å². The van der Waals surface area contributed by atoms with Gasteiger partial charge in [-0.2, -0.15) is 0 Å². The molecular formula is C11H15NO2S. The van der Waals surface area contributed by atoms with Crippen LogP contribution in [-0.4, -0.2) is 22.9 Å². The standard InChI is InChI=1S/C11H15NO2S/c12-7-6-10(11(13)14)15-8-9-4-2-1-3-5-9/h1-5,10H,6-8,12H2,(H,13,14). The van der Waals surface area contributed by atoms with Crippen LogP contribution in [0.1, 0.15) is 12.0 Å². The number of benzene rings is 1. The molecule has 82 valence electrons. The van der Waals surface area contributed by atoms with E-state index in [4.69, 9.17) is 10.8 Å². The van der Waals surface area contributed by atoms with Crippen LogP contribution >= 0.6 is 11.8 Å². The Bertz CT molecular complexity index is 303. The minimum absolute atomic E-state index is 0.393. The zero-order valence-electron chi connectivity index (χ0n) is 8.43. The summed E-state index contributed by atoms with van der Waals surface area (Å²) in [7, 11) is 0. The predicted octanol–water partition coefficient (Wildman–Crippen LogP) is 1.72. The molecule has 15 heavy (non-hydrogen) atoms. The Kier molecular flexibility index (Phi) is 5.21. The SMILES string of the molecule is NCCC(SCc1ccccc1)C(=O)O. The van der Waals surface area contributed by atoms with Gasteiger partial charge in [-0.3, -0.25) is 4.79 Å². The quantitative estimate of drug-likeness (QED) is 0.773. The van der Waals surface area contributed by atoms with Crippen LogP contribution in [-0.2, 0) is 10.5 Å². The second-order valence-corrected chi connectivity index (χ2v) is 4.39. The second-order valence-electron chi connectivity index (χ2n) is 3.20. The Morgan fingerprint density at radius 1 is 1.40 bits per heavy atom. The number of carboxylic acid groups (broad SMARTS) is 1. The Hall–Kier alpha value is -1.00. The van der Waals surface area contributed by atoms with E-state index in [0.29, 0.717) is 13.0 Å². The third-order valence-corrected chi connectivity index (χ3v) is 3.34. The molecule has 0 fully saturated rings. The van der Waals surface area contributed by atoms with Gasteiger partial charge in [-0.25, -0.2) is 0 Å². The highest BCUT2D eigenvalue weighted by atomic mass is 32.2. The first-order valence-electron chi connectivity index (χ1n) is 4.82. The van der Waals surface area contributed by atoms with Gasteiger partial charge in [0.2, 0.25) is 0 Å². The summed E-state index contributed by atoms with van der Waals surface area (Å²) >= 11 is 1.43. The average Bonchev–Trinajstić information content (AvgIpc) is 2.25. The average molecular weight is 225 g/mol. The molecule has 1 rings (SSSR count). The van der Waals surface area contributed by atoms with Gasteiger partial charge in [-0.05, 0) is 18.5 Å². The molecule has 1 atom stereocenters. The summed E-state index contributed by atoms with van der Waals surface area (Å²) in [4.78, 5) is 10.8. The number of nitrogens with two attached hydrogens (primary N) is 1. The number of carboxylic acids is 1. The largest absolute Gasteiger partial charge is 0.480 e. The van der Waals surface area contributed by atoms with Crippen LogP contribution in [0.25, 0.3) is 0 Å². The minimum Gasteiger partial charge on any atom is -0.480 e. The van der Waals surface area contributed by atoms with Crippen molar-refractivity contribution in [2.75, 3.05) is 6.54 Å². The molecular weight excluding hydrogens is 210 g/mol. The van der Waals surface area contributed by atoms with Crippen LogP contribution in [0.5, 0.6) is 0 Å². The highest BCUT2D eigenvalue weighted by molar-refractivity contribution is 7.99. The topological polar surface area (TPSA) is 63.3 Å². The van der Waals surface area contributed by atoms with Gasteiger partial charge in [-0.1, -0.05) is 30.3 Å². The molecule has 0 radical (unpaired) electrons. The van der Waals surface area contributed by atoms with Crippen molar-refractivity contribution in [2.45, 2.75) is 17.4 Å². The molecule has 0 aliphatic carbocycles. The van der Waals surface area contributed by atoms with Crippen LogP contribution in [0.3, 0.4) is 0 Å². The molecule has 4 heteroatoms. The molecule has 3 nitrogen and oxygen atoms in total. The molecule has 0 bridgehead atoms. The Morgan fingerprint density at radius 2 is 2.07 bits per heavy atom. The first-order valence-corrected chi connectivity index (χ1v) is 5.87. The summed E-state index contributed by atoms with van der Waals surface area (Å²) in [6.45, 7) is 0.415. The van der Waals surface area contributed by atoms with E-state index in [-0.39, 0.29) is 0 Å². The molecule has 0 aliphatic rings. The lowest BCUT2D eigenvalue weighted by Gasteiger charge is -2.10. The van der Waals surface area contributed by atoms with Crippen molar-refractivity contribution in [3.63, 3.8) is 0 Å². The van der Waals surface area contributed by atoms with Gasteiger partial charge in [0.1, 0.15) is 5.25 Å². The molecule has 0 saturated carbocycles. The first-order chi connectivity index (χ1) is 7.24. The van der Waals surface area contributed by atoms with Gasteiger partial charge in [0.15, 0.2) is 0 Å². The number of thioether (sulfide) groups is 1. The highest BCUT2D eigenvalue weighted by Gasteiger charge is 2.16. The lowest BCUT2D eigenvalue weighted by atomic mass is 10.2. The fraction of sp³-hybridized carbons (Fsp3) is 0.364. The van der Waals surface area contributed by atoms with Crippen molar-refractivity contribution < 1.29 is 9.90 Å². The molecule has 0 heterocycles. The summed E-state index contributed by atoms with van der Waals surface area (Å²) in [5.41, 5.74) is 6.50. The zero-order chi connectivity index (χ0) is 11.1. The van der Waals surface area contributed by atoms with Gasteiger partial charge in [-0.15, -0.1) is 11.8 Å². The number of rotatable bonds is 6. The normalized spacial score (nSPS) is 12.3. The van der Waals surface area contributed by atoms with Crippen molar-refractivity contribution in [3.05, 3.63) is 35.9 Å². The third kappa shape index (κ3) is 4.36.